The molecule has 4 rings (SSSR count). The van der Waals surface area contributed by atoms with E-state index in [0.717, 1.165) is 47.5 Å². The van der Waals surface area contributed by atoms with E-state index in [9.17, 15) is 9.90 Å². The van der Waals surface area contributed by atoms with Gasteiger partial charge >= 0.3 is 0 Å². The van der Waals surface area contributed by atoms with Crippen LogP contribution < -0.4 is 10.1 Å². The summed E-state index contributed by atoms with van der Waals surface area (Å²) in [4.78, 5) is 13.7. The van der Waals surface area contributed by atoms with Gasteiger partial charge in [0.05, 0.1) is 18.7 Å². The van der Waals surface area contributed by atoms with Crippen molar-refractivity contribution in [2.75, 3.05) is 12.4 Å². The van der Waals surface area contributed by atoms with Crippen LogP contribution in [0, 0.1) is 0 Å². The van der Waals surface area contributed by atoms with Crippen molar-refractivity contribution in [2.45, 2.75) is 44.6 Å². The predicted octanol–water partition coefficient (Wildman–Crippen LogP) is 4.07. The highest BCUT2D eigenvalue weighted by molar-refractivity contribution is 6.00. The van der Waals surface area contributed by atoms with Crippen molar-refractivity contribution in [3.8, 4) is 11.5 Å². The molecular weight excluding hydrogens is 378 g/mol. The molecule has 0 aliphatic heterocycles. The molecule has 0 saturated carbocycles. The molecule has 0 saturated heterocycles. The van der Waals surface area contributed by atoms with Crippen LogP contribution in [-0.2, 0) is 29.6 Å². The molecular formula is C24H27N3O3. The second kappa shape index (κ2) is 8.22. The topological polar surface area (TPSA) is 76.4 Å². The third-order valence-electron chi connectivity index (χ3n) is 6.00. The number of nitrogens with zero attached hydrogens (tertiary/aromatic N) is 2. The van der Waals surface area contributed by atoms with Crippen LogP contribution >= 0.6 is 0 Å². The number of aromatic hydroxyl groups is 1. The fraction of sp³-hybridized carbons (Fsp3) is 0.333. The number of carbonyl (C=O) groups excluding carboxylic acids is 1. The van der Waals surface area contributed by atoms with Crippen molar-refractivity contribution >= 4 is 11.6 Å². The van der Waals surface area contributed by atoms with Gasteiger partial charge < -0.3 is 15.2 Å². The van der Waals surface area contributed by atoms with E-state index in [1.54, 1.807) is 13.2 Å². The molecule has 2 aromatic carbocycles. The number of methoxy groups -OCH3 is 1. The number of phenols is 1. The first-order chi connectivity index (χ1) is 14.6. The maximum absolute atomic E-state index is 13.7. The average molecular weight is 405 g/mol. The predicted molar refractivity (Wildman–Crippen MR) is 116 cm³/mol. The number of amides is 1. The standard InChI is InChI=1S/C24H27N3O3/c1-3-27-16-17(15-25-27)14-24(13-5-6-20-21(24)7-4-8-22(20)28)23(29)26-18-9-11-19(30-2)12-10-18/h4,7-12,15-16,28H,3,5-6,13-14H2,1-2H3,(H,26,29). The summed E-state index contributed by atoms with van der Waals surface area (Å²) in [6.07, 6.45) is 6.69. The summed E-state index contributed by atoms with van der Waals surface area (Å²) in [5.74, 6) is 0.934. The zero-order chi connectivity index (χ0) is 21.1. The van der Waals surface area contributed by atoms with Gasteiger partial charge in [-0.1, -0.05) is 12.1 Å². The summed E-state index contributed by atoms with van der Waals surface area (Å²) in [7, 11) is 1.62. The fourth-order valence-electron chi connectivity index (χ4n) is 4.43. The van der Waals surface area contributed by atoms with E-state index in [1.165, 1.54) is 0 Å². The lowest BCUT2D eigenvalue weighted by molar-refractivity contribution is -0.122. The Bertz CT molecular complexity index is 1040. The SMILES string of the molecule is CCn1cc(CC2(C(=O)Nc3ccc(OC)cc3)CCCc3c(O)cccc32)cn1. The third-order valence-corrected chi connectivity index (χ3v) is 6.00. The number of nitrogens with one attached hydrogen (secondary N) is 1. The van der Waals surface area contributed by atoms with Crippen LogP contribution in [0.25, 0.3) is 0 Å². The van der Waals surface area contributed by atoms with Gasteiger partial charge in [0.2, 0.25) is 5.91 Å². The van der Waals surface area contributed by atoms with Crippen molar-refractivity contribution < 1.29 is 14.6 Å². The number of aryl methyl sites for hydroxylation is 1. The van der Waals surface area contributed by atoms with Crippen LogP contribution in [0.4, 0.5) is 5.69 Å². The summed E-state index contributed by atoms with van der Waals surface area (Å²) >= 11 is 0. The normalized spacial score (nSPS) is 17.9. The van der Waals surface area contributed by atoms with Crippen molar-refractivity contribution in [1.29, 1.82) is 0 Å². The zero-order valence-corrected chi connectivity index (χ0v) is 17.4. The molecule has 1 aliphatic rings. The number of phenolic OH excluding ortho intramolecular Hbond substituents is 1. The van der Waals surface area contributed by atoms with Crippen molar-refractivity contribution in [3.63, 3.8) is 0 Å². The number of benzene rings is 2. The van der Waals surface area contributed by atoms with Crippen LogP contribution in [-0.4, -0.2) is 27.9 Å². The van der Waals surface area contributed by atoms with E-state index in [-0.39, 0.29) is 11.7 Å². The number of hydrogen-bond donors (Lipinski definition) is 2. The van der Waals surface area contributed by atoms with Gasteiger partial charge in [-0.05, 0) is 79.6 Å². The lowest BCUT2D eigenvalue weighted by Gasteiger charge is -2.38. The minimum atomic E-state index is -0.770. The van der Waals surface area contributed by atoms with Crippen LogP contribution in [0.2, 0.25) is 0 Å². The molecule has 0 radical (unpaired) electrons. The highest BCUT2D eigenvalue weighted by Crippen LogP contribution is 2.43. The van der Waals surface area contributed by atoms with Crippen LogP contribution in [0.1, 0.15) is 36.5 Å². The van der Waals surface area contributed by atoms with Gasteiger partial charge in [-0.3, -0.25) is 9.48 Å². The second-order valence-electron chi connectivity index (χ2n) is 7.80. The summed E-state index contributed by atoms with van der Waals surface area (Å²) in [6.45, 7) is 2.82. The summed E-state index contributed by atoms with van der Waals surface area (Å²) in [5.41, 5.74) is 2.74. The van der Waals surface area contributed by atoms with E-state index in [0.29, 0.717) is 12.8 Å². The number of fused-ring (bicyclic) bond motifs is 1. The molecule has 6 heteroatoms. The molecule has 0 bridgehead atoms. The summed E-state index contributed by atoms with van der Waals surface area (Å²) in [5, 5.41) is 18.0. The van der Waals surface area contributed by atoms with E-state index < -0.39 is 5.41 Å². The van der Waals surface area contributed by atoms with Crippen LogP contribution in [0.3, 0.4) is 0 Å². The lowest BCUT2D eigenvalue weighted by atomic mass is 9.66. The largest absolute Gasteiger partial charge is 0.508 e. The number of rotatable bonds is 6. The molecule has 1 unspecified atom stereocenters. The smallest absolute Gasteiger partial charge is 0.235 e. The van der Waals surface area contributed by atoms with Gasteiger partial charge in [0, 0.05) is 18.4 Å². The summed E-state index contributed by atoms with van der Waals surface area (Å²) in [6, 6.07) is 12.8. The molecule has 1 aromatic heterocycles. The zero-order valence-electron chi connectivity index (χ0n) is 17.4. The number of anilines is 1. The van der Waals surface area contributed by atoms with Crippen molar-refractivity contribution in [2.24, 2.45) is 0 Å². The minimum absolute atomic E-state index is 0.0662. The van der Waals surface area contributed by atoms with Gasteiger partial charge in [0.15, 0.2) is 0 Å². The number of ether oxygens (including phenoxy) is 1. The molecule has 0 spiro atoms. The number of hydrogen-bond acceptors (Lipinski definition) is 4. The third kappa shape index (κ3) is 3.65. The molecule has 3 aromatic rings. The van der Waals surface area contributed by atoms with Gasteiger partial charge in [-0.25, -0.2) is 0 Å². The molecule has 1 heterocycles. The Morgan fingerprint density at radius 2 is 2.07 bits per heavy atom. The molecule has 156 valence electrons. The fourth-order valence-corrected chi connectivity index (χ4v) is 4.43. The Hall–Kier alpha value is -3.28. The van der Waals surface area contributed by atoms with E-state index in [2.05, 4.69) is 10.4 Å². The van der Waals surface area contributed by atoms with E-state index >= 15 is 0 Å². The Kier molecular flexibility index (Phi) is 5.48. The molecule has 0 fully saturated rings. The highest BCUT2D eigenvalue weighted by atomic mass is 16.5. The molecule has 2 N–H and O–H groups in total. The maximum Gasteiger partial charge on any atom is 0.235 e. The molecule has 1 aliphatic carbocycles. The average Bonchev–Trinajstić information content (AvgIpc) is 3.22. The van der Waals surface area contributed by atoms with Gasteiger partial charge in [-0.15, -0.1) is 0 Å². The minimum Gasteiger partial charge on any atom is -0.508 e. The van der Waals surface area contributed by atoms with Gasteiger partial charge in [0.1, 0.15) is 11.5 Å². The van der Waals surface area contributed by atoms with Gasteiger partial charge in [0.25, 0.3) is 0 Å². The van der Waals surface area contributed by atoms with E-state index in [4.69, 9.17) is 4.74 Å². The van der Waals surface area contributed by atoms with Crippen molar-refractivity contribution in [3.05, 3.63) is 71.5 Å². The monoisotopic (exact) mass is 405 g/mol. The summed E-state index contributed by atoms with van der Waals surface area (Å²) < 4.78 is 7.08. The quantitative estimate of drug-likeness (QED) is 0.648. The Morgan fingerprint density at radius 1 is 1.27 bits per heavy atom. The highest BCUT2D eigenvalue weighted by Gasteiger charge is 2.44. The second-order valence-corrected chi connectivity index (χ2v) is 7.80. The Balaban J connectivity index is 1.74. The Morgan fingerprint density at radius 3 is 2.77 bits per heavy atom. The van der Waals surface area contributed by atoms with Crippen molar-refractivity contribution in [1.82, 2.24) is 9.78 Å². The van der Waals surface area contributed by atoms with Gasteiger partial charge in [-0.2, -0.15) is 5.10 Å². The van der Waals surface area contributed by atoms with E-state index in [1.807, 2.05) is 60.4 Å². The first-order valence-electron chi connectivity index (χ1n) is 10.3. The number of aromatic nitrogens is 2. The first-order valence-corrected chi connectivity index (χ1v) is 10.3. The first kappa shape index (κ1) is 20.0. The molecule has 1 atom stereocenters. The Labute approximate surface area is 176 Å². The number of carbonyl (C=O) groups is 1. The lowest BCUT2D eigenvalue weighted by Crippen LogP contribution is -2.45. The van der Waals surface area contributed by atoms with Crippen LogP contribution in [0.5, 0.6) is 11.5 Å². The maximum atomic E-state index is 13.7. The van der Waals surface area contributed by atoms with Crippen LogP contribution in [0.15, 0.2) is 54.9 Å². The molecule has 1 amide bonds. The molecule has 6 nitrogen and oxygen atoms in total. The molecule has 30 heavy (non-hydrogen) atoms.